The first-order chi connectivity index (χ1) is 10.5. The number of alkyl halides is 3. The summed E-state index contributed by atoms with van der Waals surface area (Å²) in [7, 11) is 0. The van der Waals surface area contributed by atoms with Crippen LogP contribution in [0.25, 0.3) is 0 Å². The fraction of sp³-hybridized carbons (Fsp3) is 0.714. The topological polar surface area (TPSA) is 62.7 Å². The van der Waals surface area contributed by atoms with E-state index in [1.807, 2.05) is 0 Å². The third-order valence-corrected chi connectivity index (χ3v) is 4.73. The quantitative estimate of drug-likeness (QED) is 0.906. The molecule has 0 spiro atoms. The summed E-state index contributed by atoms with van der Waals surface area (Å²) in [6, 6.07) is 0. The van der Waals surface area contributed by atoms with E-state index >= 15 is 0 Å². The molecule has 0 bridgehead atoms. The summed E-state index contributed by atoms with van der Waals surface area (Å²) < 4.78 is 45.7. The first-order valence-electron chi connectivity index (χ1n) is 7.18. The Morgan fingerprint density at radius 1 is 1.43 bits per heavy atom. The van der Waals surface area contributed by atoms with Crippen LogP contribution in [-0.2, 0) is 15.1 Å². The maximum absolute atomic E-state index is 13.4. The van der Waals surface area contributed by atoms with Crippen molar-refractivity contribution in [3.63, 3.8) is 0 Å². The molecule has 9 heteroatoms. The highest BCUT2D eigenvalue weighted by molar-refractivity contribution is 7.09. The van der Waals surface area contributed by atoms with Gasteiger partial charge in [0.05, 0.1) is 18.6 Å². The Morgan fingerprint density at radius 3 is 2.43 bits per heavy atom. The Hall–Kier alpha value is -1.19. The van der Waals surface area contributed by atoms with Gasteiger partial charge in [-0.2, -0.15) is 13.2 Å². The number of nitrogens with zero attached hydrogens (tertiary/aromatic N) is 2. The van der Waals surface area contributed by atoms with Crippen molar-refractivity contribution < 1.29 is 27.8 Å². The van der Waals surface area contributed by atoms with Crippen LogP contribution in [0.1, 0.15) is 31.0 Å². The summed E-state index contributed by atoms with van der Waals surface area (Å²) in [5, 5.41) is 11.1. The van der Waals surface area contributed by atoms with Crippen molar-refractivity contribution in [3.05, 3.63) is 16.1 Å². The van der Waals surface area contributed by atoms with Crippen LogP contribution in [0.5, 0.6) is 0 Å². The number of carbonyl (C=O) groups is 1. The van der Waals surface area contributed by atoms with Crippen molar-refractivity contribution in [2.75, 3.05) is 13.1 Å². The van der Waals surface area contributed by atoms with E-state index in [1.165, 1.54) is 17.2 Å². The van der Waals surface area contributed by atoms with Crippen LogP contribution in [0.4, 0.5) is 13.2 Å². The fourth-order valence-corrected chi connectivity index (χ4v) is 3.47. The highest BCUT2D eigenvalue weighted by Crippen LogP contribution is 2.43. The zero-order valence-corrected chi connectivity index (χ0v) is 13.9. The summed E-state index contributed by atoms with van der Waals surface area (Å²) in [5.41, 5.74) is -2.90. The van der Waals surface area contributed by atoms with E-state index in [0.29, 0.717) is 17.0 Å². The first kappa shape index (κ1) is 18.2. The predicted octanol–water partition coefficient (Wildman–Crippen LogP) is 2.23. The zero-order valence-electron chi connectivity index (χ0n) is 13.1. The van der Waals surface area contributed by atoms with Crippen molar-refractivity contribution in [1.29, 1.82) is 0 Å². The Balaban J connectivity index is 2.23. The monoisotopic (exact) mass is 352 g/mol. The summed E-state index contributed by atoms with van der Waals surface area (Å²) in [6.45, 7) is 5.43. The SMILES string of the molecule is Cc1csc([C@](O)(CC(=O)N2C[C@H](C)O[C@@H](C)C2)C(F)(F)F)n1. The van der Waals surface area contributed by atoms with Gasteiger partial charge in [-0.25, -0.2) is 4.98 Å². The fourth-order valence-electron chi connectivity index (χ4n) is 2.55. The number of thiazole rings is 1. The van der Waals surface area contributed by atoms with Gasteiger partial charge < -0.3 is 14.7 Å². The van der Waals surface area contributed by atoms with Crippen molar-refractivity contribution in [1.82, 2.24) is 9.88 Å². The molecule has 1 fully saturated rings. The van der Waals surface area contributed by atoms with E-state index in [4.69, 9.17) is 4.74 Å². The standard InChI is InChI=1S/C14H19F3N2O3S/c1-8-7-23-12(18-8)13(21,14(15,16)17)4-11(20)19-5-9(2)22-10(3)6-19/h7,9-10,21H,4-6H2,1-3H3/t9-,10-,13+/m0/s1. The second kappa shape index (κ2) is 6.37. The van der Waals surface area contributed by atoms with Crippen LogP contribution in [0.3, 0.4) is 0 Å². The Kier molecular flexibility index (Phi) is 5.03. The third-order valence-electron chi connectivity index (χ3n) is 3.62. The highest BCUT2D eigenvalue weighted by atomic mass is 32.1. The lowest BCUT2D eigenvalue weighted by atomic mass is 9.98. The number of amides is 1. The Bertz CT molecular complexity index is 568. The normalized spacial score (nSPS) is 25.3. The average molecular weight is 352 g/mol. The first-order valence-corrected chi connectivity index (χ1v) is 8.06. The van der Waals surface area contributed by atoms with Gasteiger partial charge in [0.1, 0.15) is 5.01 Å². The van der Waals surface area contributed by atoms with E-state index in [1.54, 1.807) is 13.8 Å². The smallest absolute Gasteiger partial charge is 0.374 e. The molecular formula is C14H19F3N2O3S. The number of aliphatic hydroxyl groups is 1. The molecule has 1 aromatic heterocycles. The van der Waals surface area contributed by atoms with Crippen molar-refractivity contribution >= 4 is 17.2 Å². The van der Waals surface area contributed by atoms with Crippen LogP contribution in [0.15, 0.2) is 5.38 Å². The summed E-state index contributed by atoms with van der Waals surface area (Å²) in [5.74, 6) is -0.764. The second-order valence-electron chi connectivity index (χ2n) is 5.88. The second-order valence-corrected chi connectivity index (χ2v) is 6.74. The number of ether oxygens (including phenoxy) is 1. The predicted molar refractivity (Wildman–Crippen MR) is 78.0 cm³/mol. The van der Waals surface area contributed by atoms with Gasteiger partial charge in [-0.15, -0.1) is 11.3 Å². The maximum Gasteiger partial charge on any atom is 0.424 e. The number of hydrogen-bond acceptors (Lipinski definition) is 5. The number of rotatable bonds is 3. The molecule has 3 atom stereocenters. The summed E-state index contributed by atoms with van der Waals surface area (Å²) >= 11 is 0.697. The highest BCUT2D eigenvalue weighted by Gasteiger charge is 2.58. The van der Waals surface area contributed by atoms with E-state index < -0.39 is 29.1 Å². The molecule has 1 aliphatic rings. The van der Waals surface area contributed by atoms with Gasteiger partial charge in [0.2, 0.25) is 11.5 Å². The third kappa shape index (κ3) is 3.84. The van der Waals surface area contributed by atoms with Crippen LogP contribution < -0.4 is 0 Å². The Labute approximate surface area is 136 Å². The van der Waals surface area contributed by atoms with Gasteiger partial charge in [-0.05, 0) is 20.8 Å². The molecule has 1 saturated heterocycles. The number of halogens is 3. The Morgan fingerprint density at radius 2 is 2.00 bits per heavy atom. The summed E-state index contributed by atoms with van der Waals surface area (Å²) in [4.78, 5) is 17.4. The van der Waals surface area contributed by atoms with Gasteiger partial charge in [-0.3, -0.25) is 4.79 Å². The molecule has 2 rings (SSSR count). The van der Waals surface area contributed by atoms with Crippen LogP contribution in [-0.4, -0.2) is 52.4 Å². The van der Waals surface area contributed by atoms with E-state index in [2.05, 4.69) is 4.98 Å². The molecule has 1 aliphatic heterocycles. The minimum Gasteiger partial charge on any atom is -0.374 e. The molecule has 0 aliphatic carbocycles. The molecule has 0 aromatic carbocycles. The van der Waals surface area contributed by atoms with Gasteiger partial charge in [-0.1, -0.05) is 0 Å². The minimum absolute atomic E-state index is 0.202. The largest absolute Gasteiger partial charge is 0.424 e. The van der Waals surface area contributed by atoms with Gasteiger partial charge in [0, 0.05) is 24.2 Å². The number of carbonyl (C=O) groups excluding carboxylic acids is 1. The zero-order chi connectivity index (χ0) is 17.4. The molecule has 2 heterocycles. The average Bonchev–Trinajstić information content (AvgIpc) is 2.83. The van der Waals surface area contributed by atoms with E-state index in [9.17, 15) is 23.1 Å². The molecular weight excluding hydrogens is 333 g/mol. The lowest BCUT2D eigenvalue weighted by Crippen LogP contribution is -2.52. The minimum atomic E-state index is -4.99. The van der Waals surface area contributed by atoms with E-state index in [0.717, 1.165) is 0 Å². The molecule has 0 radical (unpaired) electrons. The van der Waals surface area contributed by atoms with E-state index in [-0.39, 0.29) is 25.3 Å². The maximum atomic E-state index is 13.4. The van der Waals surface area contributed by atoms with Crippen molar-refractivity contribution in [2.45, 2.75) is 51.2 Å². The van der Waals surface area contributed by atoms with Gasteiger partial charge >= 0.3 is 6.18 Å². The molecule has 23 heavy (non-hydrogen) atoms. The lowest BCUT2D eigenvalue weighted by Gasteiger charge is -2.37. The molecule has 0 saturated carbocycles. The van der Waals surface area contributed by atoms with Crippen molar-refractivity contribution in [3.8, 4) is 0 Å². The number of hydrogen-bond donors (Lipinski definition) is 1. The summed E-state index contributed by atoms with van der Waals surface area (Å²) in [6.07, 6.45) is -6.59. The van der Waals surface area contributed by atoms with Gasteiger partial charge in [0.25, 0.3) is 0 Å². The van der Waals surface area contributed by atoms with Crippen molar-refractivity contribution in [2.24, 2.45) is 0 Å². The molecule has 1 amide bonds. The number of morpholine rings is 1. The van der Waals surface area contributed by atoms with Crippen LogP contribution in [0, 0.1) is 6.92 Å². The molecule has 130 valence electrons. The number of aromatic nitrogens is 1. The molecule has 0 unspecified atom stereocenters. The molecule has 1 aromatic rings. The molecule has 1 N–H and O–H groups in total. The number of aryl methyl sites for hydroxylation is 1. The lowest BCUT2D eigenvalue weighted by molar-refractivity contribution is -0.268. The van der Waals surface area contributed by atoms with Gasteiger partial charge in [0.15, 0.2) is 0 Å². The van der Waals surface area contributed by atoms with Crippen LogP contribution >= 0.6 is 11.3 Å². The molecule has 5 nitrogen and oxygen atoms in total. The van der Waals surface area contributed by atoms with Crippen LogP contribution in [0.2, 0.25) is 0 Å².